The van der Waals surface area contributed by atoms with Gasteiger partial charge in [-0.05, 0) is 5.57 Å². The molecule has 2 amide bonds. The molecule has 4 N–H and O–H groups in total. The molecule has 0 bridgehead atoms. The molecule has 31 heavy (non-hydrogen) atoms. The van der Waals surface area contributed by atoms with Crippen molar-refractivity contribution in [3.8, 4) is 0 Å². The van der Waals surface area contributed by atoms with Gasteiger partial charge in [-0.3, -0.25) is 14.5 Å². The van der Waals surface area contributed by atoms with Crippen LogP contribution in [0.15, 0.2) is 21.8 Å². The van der Waals surface area contributed by atoms with Crippen molar-refractivity contribution in [2.45, 2.75) is 11.4 Å². The molecule has 2 atom stereocenters. The molecule has 2 aliphatic heterocycles. The minimum absolute atomic E-state index is 0. The minimum Gasteiger partial charge on any atom is -0.543 e. The number of nitrogens with one attached hydrogen (secondary N) is 1. The fraction of sp³-hybridized carbons (Fsp3) is 0.357. The Balaban J connectivity index is 0.00000341. The Hall–Kier alpha value is -1.72. The van der Waals surface area contributed by atoms with Crippen molar-refractivity contribution < 1.29 is 67.1 Å². The van der Waals surface area contributed by atoms with Crippen LogP contribution >= 0.6 is 23.1 Å². The number of nitrogen functional groups attached to an aromatic ring is 1. The zero-order chi connectivity index (χ0) is 22.2. The van der Waals surface area contributed by atoms with Gasteiger partial charge in [-0.2, -0.15) is 0 Å². The van der Waals surface area contributed by atoms with Gasteiger partial charge in [-0.25, -0.2) is 17.8 Å². The first-order valence-electron chi connectivity index (χ1n) is 7.98. The van der Waals surface area contributed by atoms with Crippen molar-refractivity contribution >= 4 is 61.6 Å². The molecule has 0 spiro atoms. The van der Waals surface area contributed by atoms with Crippen LogP contribution in [-0.4, -0.2) is 75.9 Å². The van der Waals surface area contributed by atoms with Gasteiger partial charge in [-0.1, -0.05) is 5.16 Å². The normalized spacial score (nSPS) is 21.1. The van der Waals surface area contributed by atoms with Crippen LogP contribution in [0.5, 0.6) is 0 Å². The molecular formula is C14H13FN5NaO7S3. The molecule has 0 aromatic carbocycles. The van der Waals surface area contributed by atoms with E-state index in [2.05, 4.69) is 15.5 Å². The largest absolute Gasteiger partial charge is 1.00 e. The number of oxime groups is 1. The van der Waals surface area contributed by atoms with Crippen LogP contribution in [0.25, 0.3) is 0 Å². The smallest absolute Gasteiger partial charge is 0.543 e. The Bertz CT molecular complexity index is 1090. The number of nitrogens with zero attached hydrogens (tertiary/aromatic N) is 3. The zero-order valence-electron chi connectivity index (χ0n) is 15.8. The average Bonchev–Trinajstić information content (AvgIpc) is 3.11. The van der Waals surface area contributed by atoms with Crippen LogP contribution in [0.2, 0.25) is 0 Å². The number of carboxylic acids is 1. The third kappa shape index (κ3) is 5.04. The summed E-state index contributed by atoms with van der Waals surface area (Å²) >= 11 is 1.98. The van der Waals surface area contributed by atoms with Gasteiger partial charge in [0.2, 0.25) is 0 Å². The summed E-state index contributed by atoms with van der Waals surface area (Å²) < 4.78 is 35.7. The Morgan fingerprint density at radius 3 is 2.68 bits per heavy atom. The number of hydrogen-bond donors (Lipinski definition) is 3. The number of β-lactam (4-membered cyclic amide) rings is 1. The molecule has 0 aliphatic carbocycles. The molecular weight excluding hydrogens is 488 g/mol. The van der Waals surface area contributed by atoms with Crippen LogP contribution in [0.3, 0.4) is 0 Å². The van der Waals surface area contributed by atoms with Crippen molar-refractivity contribution in [2.75, 3.05) is 23.2 Å². The number of rotatable bonds is 7. The van der Waals surface area contributed by atoms with Crippen molar-refractivity contribution in [2.24, 2.45) is 5.16 Å². The molecule has 1 aromatic rings. The molecule has 2 aliphatic rings. The average molecular weight is 501 g/mol. The van der Waals surface area contributed by atoms with E-state index in [1.165, 1.54) is 5.38 Å². The molecule has 1 aromatic heterocycles. The van der Waals surface area contributed by atoms with E-state index >= 15 is 0 Å². The number of thioether (sulfide) groups is 1. The second kappa shape index (κ2) is 9.83. The Kier molecular flexibility index (Phi) is 8.10. The first-order chi connectivity index (χ1) is 14.1. The number of aromatic nitrogens is 1. The van der Waals surface area contributed by atoms with E-state index in [-0.39, 0.29) is 51.7 Å². The molecule has 0 saturated carbocycles. The Morgan fingerprint density at radius 1 is 1.48 bits per heavy atom. The number of nitrogens with two attached hydrogens (primary N) is 1. The molecule has 1 unspecified atom stereocenters. The van der Waals surface area contributed by atoms with Crippen molar-refractivity contribution in [1.82, 2.24) is 15.2 Å². The molecule has 12 nitrogen and oxygen atoms in total. The summed E-state index contributed by atoms with van der Waals surface area (Å²) in [5.41, 5.74) is 4.11. The van der Waals surface area contributed by atoms with E-state index in [0.29, 0.717) is 0 Å². The summed E-state index contributed by atoms with van der Waals surface area (Å²) in [5.74, 6) is -4.60. The number of sulfone groups is 1. The van der Waals surface area contributed by atoms with Crippen LogP contribution < -0.4 is 45.7 Å². The molecule has 3 rings (SSSR count). The van der Waals surface area contributed by atoms with Crippen molar-refractivity contribution in [1.29, 1.82) is 0 Å². The zero-order valence-corrected chi connectivity index (χ0v) is 20.2. The maximum absolute atomic E-state index is 12.6. The van der Waals surface area contributed by atoms with E-state index in [0.717, 1.165) is 28.0 Å². The molecule has 17 heteroatoms. The number of thiazole rings is 1. The van der Waals surface area contributed by atoms with Gasteiger partial charge in [-0.15, -0.1) is 23.1 Å². The number of anilines is 1. The van der Waals surface area contributed by atoms with Gasteiger partial charge in [0.1, 0.15) is 17.1 Å². The third-order valence-corrected chi connectivity index (χ3v) is 7.30. The van der Waals surface area contributed by atoms with E-state index in [4.69, 9.17) is 10.9 Å². The predicted molar refractivity (Wildman–Crippen MR) is 102 cm³/mol. The molecule has 3 heterocycles. The second-order valence-corrected chi connectivity index (χ2v) is 10.1. The number of halogens is 1. The van der Waals surface area contributed by atoms with Crippen molar-refractivity contribution in [3.63, 3.8) is 0 Å². The summed E-state index contributed by atoms with van der Waals surface area (Å²) in [6.07, 6.45) is 0. The Morgan fingerprint density at radius 2 is 2.16 bits per heavy atom. The number of carbonyl (C=O) groups is 3. The summed E-state index contributed by atoms with van der Waals surface area (Å²) in [7, 11) is -4.19. The first kappa shape index (κ1) is 25.5. The number of fused-ring (bicyclic) bond motifs is 1. The molecule has 1 fully saturated rings. The summed E-state index contributed by atoms with van der Waals surface area (Å²) in [5, 5.41) is 26.4. The van der Waals surface area contributed by atoms with Gasteiger partial charge in [0, 0.05) is 11.1 Å². The standard InChI is InChI=1S/C14H14FN5O7S3.Na/c15-4-30(26,27)3-5-1-28-12-8(11(22)20(12)9(5)13(23)24)18-10(21)7(19-25)6-2-29-14(16)17-6;/h2,8,12,25H,1,3-4H2,(H2,16,17)(H,18,21)(H,23,24);/q;+1/p-1/b19-7-;/t8?,12-;/m1./s1. The van der Waals surface area contributed by atoms with E-state index in [9.17, 15) is 32.3 Å². The fourth-order valence-electron chi connectivity index (χ4n) is 2.91. The van der Waals surface area contributed by atoms with E-state index in [1.54, 1.807) is 0 Å². The number of alkyl halides is 1. The second-order valence-electron chi connectivity index (χ2n) is 6.12. The quantitative estimate of drug-likeness (QED) is 0.107. The minimum atomic E-state index is -4.19. The monoisotopic (exact) mass is 501 g/mol. The van der Waals surface area contributed by atoms with Gasteiger partial charge in [0.15, 0.2) is 26.7 Å². The van der Waals surface area contributed by atoms with Gasteiger partial charge in [0.25, 0.3) is 11.8 Å². The molecule has 0 radical (unpaired) electrons. The molecule has 1 saturated heterocycles. The number of carbonyl (C=O) groups excluding carboxylic acids is 3. The van der Waals surface area contributed by atoms with Gasteiger partial charge in [0.05, 0.1) is 17.4 Å². The first-order valence-corrected chi connectivity index (χ1v) is 11.7. The van der Waals surface area contributed by atoms with Crippen LogP contribution in [0, 0.1) is 0 Å². The van der Waals surface area contributed by atoms with Crippen LogP contribution in [0.4, 0.5) is 9.52 Å². The number of carboxylic acid groups (broad SMARTS) is 1. The molecule has 162 valence electrons. The third-order valence-electron chi connectivity index (χ3n) is 4.17. The Labute approximate surface area is 205 Å². The van der Waals surface area contributed by atoms with Crippen LogP contribution in [-0.2, 0) is 24.2 Å². The SMILES string of the molecule is Nc1nc(/C(=N/O)C(=O)NC2C(=O)N3C(C(=O)[O-])=C(CS(=O)(=O)CF)CS[C@H]23)cs1.[Na+]. The fourth-order valence-corrected chi connectivity index (χ4v) is 5.78. The summed E-state index contributed by atoms with van der Waals surface area (Å²) in [4.78, 5) is 41.0. The number of aliphatic carboxylic acids is 1. The van der Waals surface area contributed by atoms with E-state index < -0.39 is 62.2 Å². The predicted octanol–water partition coefficient (Wildman–Crippen LogP) is -5.35. The van der Waals surface area contributed by atoms with Crippen LogP contribution in [0.1, 0.15) is 5.69 Å². The maximum Gasteiger partial charge on any atom is 1.00 e. The van der Waals surface area contributed by atoms with E-state index in [1.807, 2.05) is 0 Å². The van der Waals surface area contributed by atoms with Gasteiger partial charge >= 0.3 is 29.6 Å². The van der Waals surface area contributed by atoms with Gasteiger partial charge < -0.3 is 26.2 Å². The number of amides is 2. The maximum atomic E-state index is 12.6. The number of hydrogen-bond acceptors (Lipinski definition) is 12. The summed E-state index contributed by atoms with van der Waals surface area (Å²) in [6, 6.07) is -2.86. The topological polar surface area (TPSA) is 195 Å². The summed E-state index contributed by atoms with van der Waals surface area (Å²) in [6.45, 7) is 0. The van der Waals surface area contributed by atoms with Crippen molar-refractivity contribution in [3.05, 3.63) is 22.3 Å².